The van der Waals surface area contributed by atoms with Gasteiger partial charge in [-0.1, -0.05) is 12.1 Å². The zero-order valence-electron chi connectivity index (χ0n) is 10.3. The number of aliphatic hydroxyl groups is 1. The lowest BCUT2D eigenvalue weighted by Crippen LogP contribution is -2.24. The predicted molar refractivity (Wildman–Crippen MR) is 64.2 cm³/mol. The molecule has 1 aromatic carbocycles. The number of likely N-dealkylation sites (N-methyl/N-ethyl adjacent to an activating group) is 1. The molecule has 0 aliphatic carbocycles. The van der Waals surface area contributed by atoms with E-state index >= 15 is 0 Å². The Morgan fingerprint density at radius 2 is 1.60 bits per heavy atom. The Labute approximate surface area is 92.5 Å². The number of hydrogen-bond acceptors (Lipinski definition) is 2. The van der Waals surface area contributed by atoms with Crippen molar-refractivity contribution in [1.29, 1.82) is 0 Å². The van der Waals surface area contributed by atoms with Crippen molar-refractivity contribution in [1.82, 2.24) is 4.90 Å². The van der Waals surface area contributed by atoms with Crippen molar-refractivity contribution in [2.24, 2.45) is 0 Å². The fourth-order valence-electron chi connectivity index (χ4n) is 1.88. The molecule has 0 aliphatic heterocycles. The molecule has 0 aromatic heterocycles. The first-order chi connectivity index (χ1) is 6.97. The normalized spacial score (nSPS) is 13.3. The molecular formula is C13H21NO. The fourth-order valence-corrected chi connectivity index (χ4v) is 1.88. The molecule has 1 atom stereocenters. The van der Waals surface area contributed by atoms with Gasteiger partial charge < -0.3 is 10.0 Å². The van der Waals surface area contributed by atoms with Crippen molar-refractivity contribution < 1.29 is 5.11 Å². The van der Waals surface area contributed by atoms with Crippen LogP contribution in [0.25, 0.3) is 0 Å². The Bertz CT molecular complexity index is 345. The summed E-state index contributed by atoms with van der Waals surface area (Å²) in [5.41, 5.74) is 5.08. The van der Waals surface area contributed by atoms with Crippen LogP contribution in [0.2, 0.25) is 0 Å². The summed E-state index contributed by atoms with van der Waals surface area (Å²) >= 11 is 0. The Morgan fingerprint density at radius 3 is 2.07 bits per heavy atom. The minimum atomic E-state index is 0.101. The SMILES string of the molecule is Cc1cc(C)c(C(CO)N(C)C)cc1C. The van der Waals surface area contributed by atoms with Gasteiger partial charge in [0, 0.05) is 0 Å². The van der Waals surface area contributed by atoms with Crippen LogP contribution in [0.5, 0.6) is 0 Å². The molecule has 0 bridgehead atoms. The van der Waals surface area contributed by atoms with Crippen LogP contribution < -0.4 is 0 Å². The highest BCUT2D eigenvalue weighted by Crippen LogP contribution is 2.24. The van der Waals surface area contributed by atoms with Crippen LogP contribution in [-0.4, -0.2) is 30.7 Å². The third-order valence-corrected chi connectivity index (χ3v) is 3.04. The monoisotopic (exact) mass is 207 g/mol. The van der Waals surface area contributed by atoms with Crippen molar-refractivity contribution in [3.8, 4) is 0 Å². The highest BCUT2D eigenvalue weighted by molar-refractivity contribution is 5.38. The molecule has 1 rings (SSSR count). The second-order valence-corrected chi connectivity index (χ2v) is 4.46. The van der Waals surface area contributed by atoms with Gasteiger partial charge in [-0.15, -0.1) is 0 Å². The molecule has 84 valence electrons. The highest BCUT2D eigenvalue weighted by Gasteiger charge is 2.15. The van der Waals surface area contributed by atoms with Crippen LogP contribution in [0.4, 0.5) is 0 Å². The maximum atomic E-state index is 9.39. The first-order valence-electron chi connectivity index (χ1n) is 5.32. The Morgan fingerprint density at radius 1 is 1.07 bits per heavy atom. The van der Waals surface area contributed by atoms with Crippen LogP contribution in [0, 0.1) is 20.8 Å². The van der Waals surface area contributed by atoms with E-state index in [0.29, 0.717) is 0 Å². The van der Waals surface area contributed by atoms with Crippen LogP contribution in [-0.2, 0) is 0 Å². The molecule has 15 heavy (non-hydrogen) atoms. The van der Waals surface area contributed by atoms with Gasteiger partial charge in [0.15, 0.2) is 0 Å². The zero-order valence-corrected chi connectivity index (χ0v) is 10.3. The first-order valence-corrected chi connectivity index (χ1v) is 5.32. The van der Waals surface area contributed by atoms with Crippen LogP contribution >= 0.6 is 0 Å². The minimum absolute atomic E-state index is 0.101. The lowest BCUT2D eigenvalue weighted by molar-refractivity contribution is 0.170. The molecule has 0 radical (unpaired) electrons. The zero-order chi connectivity index (χ0) is 11.6. The largest absolute Gasteiger partial charge is 0.394 e. The lowest BCUT2D eigenvalue weighted by Gasteiger charge is -2.25. The molecule has 1 N–H and O–H groups in total. The second-order valence-electron chi connectivity index (χ2n) is 4.46. The van der Waals surface area contributed by atoms with Crippen molar-refractivity contribution in [3.63, 3.8) is 0 Å². The summed E-state index contributed by atoms with van der Waals surface area (Å²) in [5, 5.41) is 9.39. The first kappa shape index (κ1) is 12.2. The predicted octanol–water partition coefficient (Wildman–Crippen LogP) is 2.21. The van der Waals surface area contributed by atoms with E-state index in [4.69, 9.17) is 0 Å². The summed E-state index contributed by atoms with van der Waals surface area (Å²) < 4.78 is 0. The molecule has 0 fully saturated rings. The second kappa shape index (κ2) is 4.77. The number of aliphatic hydroxyl groups excluding tert-OH is 1. The average Bonchev–Trinajstić information content (AvgIpc) is 2.14. The summed E-state index contributed by atoms with van der Waals surface area (Å²) in [7, 11) is 3.99. The average molecular weight is 207 g/mol. The molecular weight excluding hydrogens is 186 g/mol. The van der Waals surface area contributed by atoms with Crippen molar-refractivity contribution in [2.45, 2.75) is 26.8 Å². The highest BCUT2D eigenvalue weighted by atomic mass is 16.3. The Kier molecular flexibility index (Phi) is 3.89. The molecule has 0 saturated heterocycles. The molecule has 0 saturated carbocycles. The summed E-state index contributed by atoms with van der Waals surface area (Å²) in [6.45, 7) is 6.50. The maximum absolute atomic E-state index is 9.39. The Balaban J connectivity index is 3.18. The lowest BCUT2D eigenvalue weighted by atomic mass is 9.95. The standard InChI is InChI=1S/C13H21NO/c1-9-6-11(3)12(7-10(9)2)13(8-15)14(4)5/h6-7,13,15H,8H2,1-5H3. The number of aryl methyl sites for hydroxylation is 3. The number of benzene rings is 1. The van der Waals surface area contributed by atoms with Crippen molar-refractivity contribution in [2.75, 3.05) is 20.7 Å². The molecule has 1 aromatic rings. The molecule has 0 spiro atoms. The Hall–Kier alpha value is -0.860. The minimum Gasteiger partial charge on any atom is -0.394 e. The van der Waals surface area contributed by atoms with Gasteiger partial charge in [0.2, 0.25) is 0 Å². The van der Waals surface area contributed by atoms with Crippen molar-refractivity contribution in [3.05, 3.63) is 34.4 Å². The van der Waals surface area contributed by atoms with Crippen molar-refractivity contribution >= 4 is 0 Å². The third kappa shape index (κ3) is 2.58. The van der Waals surface area contributed by atoms with Gasteiger partial charge in [-0.3, -0.25) is 0 Å². The van der Waals surface area contributed by atoms with E-state index in [1.807, 2.05) is 14.1 Å². The summed E-state index contributed by atoms with van der Waals surface area (Å²) in [4.78, 5) is 2.05. The van der Waals surface area contributed by atoms with Gasteiger partial charge in [0.1, 0.15) is 0 Å². The number of nitrogens with zero attached hydrogens (tertiary/aromatic N) is 1. The van der Waals surface area contributed by atoms with Crippen LogP contribution in [0.3, 0.4) is 0 Å². The molecule has 2 heteroatoms. The molecule has 2 nitrogen and oxygen atoms in total. The summed E-state index contributed by atoms with van der Waals surface area (Å²) in [6.07, 6.45) is 0. The summed E-state index contributed by atoms with van der Waals surface area (Å²) in [6, 6.07) is 4.48. The van der Waals surface area contributed by atoms with E-state index in [1.165, 1.54) is 22.3 Å². The number of hydrogen-bond donors (Lipinski definition) is 1. The van der Waals surface area contributed by atoms with E-state index in [-0.39, 0.29) is 12.6 Å². The molecule has 1 unspecified atom stereocenters. The van der Waals surface area contributed by atoms with Gasteiger partial charge in [0.05, 0.1) is 12.6 Å². The van der Waals surface area contributed by atoms with Crippen LogP contribution in [0.15, 0.2) is 12.1 Å². The topological polar surface area (TPSA) is 23.5 Å². The summed E-state index contributed by atoms with van der Waals surface area (Å²) in [5.74, 6) is 0. The smallest absolute Gasteiger partial charge is 0.0628 e. The molecule has 0 heterocycles. The van der Waals surface area contributed by atoms with E-state index in [1.54, 1.807) is 0 Å². The van der Waals surface area contributed by atoms with Gasteiger partial charge in [0.25, 0.3) is 0 Å². The maximum Gasteiger partial charge on any atom is 0.0628 e. The molecule has 0 aliphatic rings. The van der Waals surface area contributed by atoms with E-state index in [9.17, 15) is 5.11 Å². The number of rotatable bonds is 3. The molecule has 0 amide bonds. The van der Waals surface area contributed by atoms with Gasteiger partial charge >= 0.3 is 0 Å². The van der Waals surface area contributed by atoms with E-state index < -0.39 is 0 Å². The quantitative estimate of drug-likeness (QED) is 0.821. The van der Waals surface area contributed by atoms with Gasteiger partial charge in [-0.05, 0) is 57.1 Å². The van der Waals surface area contributed by atoms with Gasteiger partial charge in [-0.2, -0.15) is 0 Å². The third-order valence-electron chi connectivity index (χ3n) is 3.04. The van der Waals surface area contributed by atoms with Crippen LogP contribution in [0.1, 0.15) is 28.3 Å². The van der Waals surface area contributed by atoms with E-state index in [0.717, 1.165) is 0 Å². The fraction of sp³-hybridized carbons (Fsp3) is 0.538. The van der Waals surface area contributed by atoms with Gasteiger partial charge in [-0.25, -0.2) is 0 Å². The van der Waals surface area contributed by atoms with E-state index in [2.05, 4.69) is 37.8 Å².